The molecule has 8 heteroatoms. The summed E-state index contributed by atoms with van der Waals surface area (Å²) in [5.74, 6) is 0.338. The summed E-state index contributed by atoms with van der Waals surface area (Å²) in [7, 11) is 1.55. The molecule has 7 nitrogen and oxygen atoms in total. The molecule has 0 fully saturated rings. The Labute approximate surface area is 196 Å². The van der Waals surface area contributed by atoms with Crippen LogP contribution in [0, 0.1) is 9.49 Å². The lowest BCUT2D eigenvalue weighted by Gasteiger charge is -2.20. The van der Waals surface area contributed by atoms with Crippen molar-refractivity contribution in [2.45, 2.75) is 19.9 Å². The van der Waals surface area contributed by atoms with Gasteiger partial charge in [-0.1, -0.05) is 44.7 Å². The molecule has 0 radical (unpaired) electrons. The Hall–Kier alpha value is -2.88. The summed E-state index contributed by atoms with van der Waals surface area (Å²) in [6.07, 6.45) is 3.17. The molecular formula is C23H26IN3O4. The first-order chi connectivity index (χ1) is 14.9. The summed E-state index contributed by atoms with van der Waals surface area (Å²) in [5.41, 5.74) is 3.72. The van der Waals surface area contributed by atoms with Gasteiger partial charge in [0.05, 0.1) is 16.9 Å². The van der Waals surface area contributed by atoms with Crippen molar-refractivity contribution in [1.29, 1.82) is 0 Å². The summed E-state index contributed by atoms with van der Waals surface area (Å²) in [6.45, 7) is 7.71. The van der Waals surface area contributed by atoms with Crippen LogP contribution >= 0.6 is 22.6 Å². The second-order valence-corrected chi connectivity index (χ2v) is 8.09. The Morgan fingerprint density at radius 1 is 1.23 bits per heavy atom. The number of hydrogen-bond acceptors (Lipinski definition) is 5. The molecule has 164 valence electrons. The number of benzene rings is 2. The zero-order valence-electron chi connectivity index (χ0n) is 17.7. The zero-order valence-corrected chi connectivity index (χ0v) is 19.9. The van der Waals surface area contributed by atoms with E-state index in [-0.39, 0.29) is 11.8 Å². The number of nitrogens with zero attached hydrogens (tertiary/aromatic N) is 1. The number of rotatable bonds is 10. The van der Waals surface area contributed by atoms with Crippen LogP contribution in [0.15, 0.2) is 60.2 Å². The summed E-state index contributed by atoms with van der Waals surface area (Å²) >= 11 is 2.14. The van der Waals surface area contributed by atoms with Crippen LogP contribution in [0.3, 0.4) is 0 Å². The van der Waals surface area contributed by atoms with Gasteiger partial charge in [-0.15, -0.1) is 0 Å². The van der Waals surface area contributed by atoms with Gasteiger partial charge in [-0.25, -0.2) is 5.43 Å². The first-order valence-corrected chi connectivity index (χ1v) is 10.7. The van der Waals surface area contributed by atoms with E-state index < -0.39 is 11.9 Å². The van der Waals surface area contributed by atoms with Gasteiger partial charge in [0, 0.05) is 5.56 Å². The first-order valence-electron chi connectivity index (χ1n) is 9.67. The van der Waals surface area contributed by atoms with Gasteiger partial charge < -0.3 is 14.8 Å². The minimum absolute atomic E-state index is 0.120. The average molecular weight is 535 g/mol. The maximum absolute atomic E-state index is 12.6. The highest BCUT2D eigenvalue weighted by Crippen LogP contribution is 2.33. The number of hydrogen-bond donors (Lipinski definition) is 2. The van der Waals surface area contributed by atoms with Gasteiger partial charge in [0.2, 0.25) is 0 Å². The SMILES string of the molecule is C=CCOc1c(I)cc(/C=N/NC(=O)C(NC(=O)c2ccccc2)C(C)C)cc1OC. The maximum atomic E-state index is 12.6. The predicted molar refractivity (Wildman–Crippen MR) is 130 cm³/mol. The van der Waals surface area contributed by atoms with Crippen molar-refractivity contribution in [2.24, 2.45) is 11.0 Å². The third-order valence-electron chi connectivity index (χ3n) is 4.26. The topological polar surface area (TPSA) is 89.0 Å². The summed E-state index contributed by atoms with van der Waals surface area (Å²) in [6, 6.07) is 11.6. The second kappa shape index (κ2) is 12.1. The molecule has 0 heterocycles. The number of halogens is 1. The minimum atomic E-state index is -0.728. The fraction of sp³-hybridized carbons (Fsp3) is 0.261. The minimum Gasteiger partial charge on any atom is -0.493 e. The lowest BCUT2D eigenvalue weighted by Crippen LogP contribution is -2.48. The van der Waals surface area contributed by atoms with Crippen LogP contribution in [0.4, 0.5) is 0 Å². The van der Waals surface area contributed by atoms with Gasteiger partial charge >= 0.3 is 0 Å². The van der Waals surface area contributed by atoms with Crippen LogP contribution in [0.25, 0.3) is 0 Å². The van der Waals surface area contributed by atoms with Crippen LogP contribution in [-0.2, 0) is 4.79 Å². The van der Waals surface area contributed by atoms with Crippen LogP contribution in [0.5, 0.6) is 11.5 Å². The van der Waals surface area contributed by atoms with E-state index >= 15 is 0 Å². The van der Waals surface area contributed by atoms with Crippen molar-refractivity contribution in [3.63, 3.8) is 0 Å². The number of carbonyl (C=O) groups is 2. The molecule has 2 aromatic rings. The van der Waals surface area contributed by atoms with Crippen molar-refractivity contribution >= 4 is 40.6 Å². The Bertz CT molecular complexity index is 945. The van der Waals surface area contributed by atoms with Crippen LogP contribution < -0.4 is 20.2 Å². The van der Waals surface area contributed by atoms with E-state index in [0.717, 1.165) is 9.13 Å². The number of nitrogens with one attached hydrogen (secondary N) is 2. The van der Waals surface area contributed by atoms with Crippen LogP contribution in [0.1, 0.15) is 29.8 Å². The highest BCUT2D eigenvalue weighted by Gasteiger charge is 2.24. The molecule has 2 amide bonds. The Morgan fingerprint density at radius 3 is 2.55 bits per heavy atom. The Morgan fingerprint density at radius 2 is 1.94 bits per heavy atom. The molecule has 2 N–H and O–H groups in total. The van der Waals surface area contributed by atoms with Gasteiger partial charge in [-0.05, 0) is 58.3 Å². The summed E-state index contributed by atoms with van der Waals surface area (Å²) in [4.78, 5) is 25.0. The average Bonchev–Trinajstić information content (AvgIpc) is 2.76. The fourth-order valence-electron chi connectivity index (χ4n) is 2.69. The molecular weight excluding hydrogens is 509 g/mol. The van der Waals surface area contributed by atoms with Crippen molar-refractivity contribution in [2.75, 3.05) is 13.7 Å². The van der Waals surface area contributed by atoms with Crippen LogP contribution in [0.2, 0.25) is 0 Å². The lowest BCUT2D eigenvalue weighted by atomic mass is 10.0. The van der Waals surface area contributed by atoms with E-state index in [0.29, 0.717) is 23.7 Å². The third-order valence-corrected chi connectivity index (χ3v) is 5.06. The maximum Gasteiger partial charge on any atom is 0.262 e. The van der Waals surface area contributed by atoms with Crippen molar-refractivity contribution in [3.05, 3.63) is 69.8 Å². The monoisotopic (exact) mass is 535 g/mol. The molecule has 0 aliphatic heterocycles. The molecule has 0 saturated heterocycles. The first kappa shape index (κ1) is 24.4. The summed E-state index contributed by atoms with van der Waals surface area (Å²) in [5, 5.41) is 6.81. The normalized spacial score (nSPS) is 11.8. The van der Waals surface area contributed by atoms with E-state index in [1.165, 1.54) is 6.21 Å². The van der Waals surface area contributed by atoms with Gasteiger partial charge in [-0.3, -0.25) is 9.59 Å². The highest BCUT2D eigenvalue weighted by atomic mass is 127. The largest absolute Gasteiger partial charge is 0.493 e. The van der Waals surface area contributed by atoms with E-state index in [2.05, 4.69) is 45.0 Å². The number of methoxy groups -OCH3 is 1. The van der Waals surface area contributed by atoms with Crippen molar-refractivity contribution < 1.29 is 19.1 Å². The van der Waals surface area contributed by atoms with E-state index in [4.69, 9.17) is 9.47 Å². The molecule has 1 atom stereocenters. The molecule has 0 aliphatic rings. The smallest absolute Gasteiger partial charge is 0.262 e. The Balaban J connectivity index is 2.07. The fourth-order valence-corrected chi connectivity index (χ4v) is 3.47. The van der Waals surface area contributed by atoms with E-state index in [1.54, 1.807) is 43.5 Å². The van der Waals surface area contributed by atoms with Crippen molar-refractivity contribution in [3.8, 4) is 11.5 Å². The van der Waals surface area contributed by atoms with Crippen molar-refractivity contribution in [1.82, 2.24) is 10.7 Å². The molecule has 0 bridgehead atoms. The summed E-state index contributed by atoms with van der Waals surface area (Å²) < 4.78 is 11.9. The highest BCUT2D eigenvalue weighted by molar-refractivity contribution is 14.1. The Kier molecular flexibility index (Phi) is 9.51. The number of hydrazone groups is 1. The second-order valence-electron chi connectivity index (χ2n) is 6.93. The molecule has 31 heavy (non-hydrogen) atoms. The number of ether oxygens (including phenoxy) is 2. The van der Waals surface area contributed by atoms with Gasteiger partial charge in [-0.2, -0.15) is 5.10 Å². The van der Waals surface area contributed by atoms with Gasteiger partial charge in [0.25, 0.3) is 11.8 Å². The van der Waals surface area contributed by atoms with E-state index in [1.807, 2.05) is 26.0 Å². The third kappa shape index (κ3) is 7.09. The molecule has 1 unspecified atom stereocenters. The standard InChI is InChI=1S/C23H26IN3O4/c1-5-11-31-21-18(24)12-16(13-19(21)30-4)14-25-27-23(29)20(15(2)3)26-22(28)17-9-7-6-8-10-17/h5-10,12-15,20H,1,11H2,2-4H3,(H,26,28)(H,27,29)/b25-14+. The van der Waals surface area contributed by atoms with Gasteiger partial charge in [0.1, 0.15) is 12.6 Å². The van der Waals surface area contributed by atoms with Crippen LogP contribution in [-0.4, -0.2) is 37.8 Å². The quantitative estimate of drug-likeness (QED) is 0.210. The zero-order chi connectivity index (χ0) is 22.8. The molecule has 0 aliphatic carbocycles. The predicted octanol–water partition coefficient (Wildman–Crippen LogP) is 3.77. The molecule has 2 rings (SSSR count). The molecule has 2 aromatic carbocycles. The number of amides is 2. The van der Waals surface area contributed by atoms with Gasteiger partial charge in [0.15, 0.2) is 11.5 Å². The molecule has 0 spiro atoms. The lowest BCUT2D eigenvalue weighted by molar-refractivity contribution is -0.123. The molecule has 0 aromatic heterocycles. The van der Waals surface area contributed by atoms with E-state index in [9.17, 15) is 9.59 Å². The molecule has 0 saturated carbocycles. The number of carbonyl (C=O) groups excluding carboxylic acids is 2.